The molecule has 0 bridgehead atoms. The second-order valence-electron chi connectivity index (χ2n) is 6.14. The Morgan fingerprint density at radius 3 is 2.16 bits per heavy atom. The van der Waals surface area contributed by atoms with Gasteiger partial charge in [-0.05, 0) is 27.7 Å². The van der Waals surface area contributed by atoms with E-state index in [1.54, 1.807) is 7.11 Å². The number of rotatable bonds is 2. The number of hydrogen-bond acceptors (Lipinski definition) is 6. The van der Waals surface area contributed by atoms with E-state index in [0.29, 0.717) is 6.61 Å². The molecule has 19 heavy (non-hydrogen) atoms. The third kappa shape index (κ3) is 2.41. The molecule has 5 atom stereocenters. The van der Waals surface area contributed by atoms with Crippen LogP contribution < -0.4 is 0 Å². The molecule has 0 aromatic heterocycles. The molecule has 0 spiro atoms. The Hall–Kier alpha value is -0.240. The summed E-state index contributed by atoms with van der Waals surface area (Å²) in [5.74, 6) is -1.20. The minimum absolute atomic E-state index is 0.167. The lowest BCUT2D eigenvalue weighted by Gasteiger charge is -2.26. The topological polar surface area (TPSA) is 55.4 Å². The van der Waals surface area contributed by atoms with Gasteiger partial charge in [-0.15, -0.1) is 0 Å². The van der Waals surface area contributed by atoms with Gasteiger partial charge in [-0.2, -0.15) is 0 Å². The molecule has 0 unspecified atom stereocenters. The van der Waals surface area contributed by atoms with Crippen molar-refractivity contribution in [2.24, 2.45) is 0 Å². The summed E-state index contributed by atoms with van der Waals surface area (Å²) >= 11 is 0. The second kappa shape index (κ2) is 4.38. The van der Waals surface area contributed by atoms with Crippen LogP contribution in [0.3, 0.4) is 0 Å². The van der Waals surface area contributed by atoms with Crippen molar-refractivity contribution in [1.82, 2.24) is 0 Å². The van der Waals surface area contributed by atoms with E-state index in [0.717, 1.165) is 0 Å². The third-order valence-corrected chi connectivity index (χ3v) is 3.68. The Morgan fingerprint density at radius 2 is 1.58 bits per heavy atom. The quantitative estimate of drug-likeness (QED) is 0.749. The molecule has 3 aliphatic heterocycles. The molecule has 110 valence electrons. The van der Waals surface area contributed by atoms with Crippen molar-refractivity contribution in [1.29, 1.82) is 0 Å². The molecule has 0 radical (unpaired) electrons. The summed E-state index contributed by atoms with van der Waals surface area (Å²) < 4.78 is 34.5. The molecule has 3 fully saturated rings. The average molecular weight is 274 g/mol. The van der Waals surface area contributed by atoms with Crippen LogP contribution in [0, 0.1) is 0 Å². The van der Waals surface area contributed by atoms with Crippen molar-refractivity contribution < 1.29 is 28.4 Å². The van der Waals surface area contributed by atoms with E-state index in [4.69, 9.17) is 28.4 Å². The molecule has 3 aliphatic rings. The van der Waals surface area contributed by atoms with Crippen LogP contribution in [0.1, 0.15) is 27.7 Å². The van der Waals surface area contributed by atoms with E-state index >= 15 is 0 Å². The van der Waals surface area contributed by atoms with Crippen LogP contribution in [0.4, 0.5) is 0 Å². The lowest BCUT2D eigenvalue weighted by Crippen LogP contribution is -2.40. The molecule has 0 aromatic rings. The molecule has 3 heterocycles. The molecule has 6 heteroatoms. The first-order chi connectivity index (χ1) is 8.81. The van der Waals surface area contributed by atoms with E-state index < -0.39 is 17.9 Å². The van der Waals surface area contributed by atoms with Crippen LogP contribution in [0.15, 0.2) is 0 Å². The highest BCUT2D eigenvalue weighted by Crippen LogP contribution is 2.42. The summed E-state index contributed by atoms with van der Waals surface area (Å²) in [4.78, 5) is 0. The van der Waals surface area contributed by atoms with E-state index in [2.05, 4.69) is 0 Å². The fourth-order valence-corrected chi connectivity index (χ4v) is 2.96. The number of hydrogen-bond donors (Lipinski definition) is 0. The predicted octanol–water partition coefficient (Wildman–Crippen LogP) is 1.03. The zero-order valence-electron chi connectivity index (χ0n) is 12.0. The first-order valence-corrected chi connectivity index (χ1v) is 6.67. The van der Waals surface area contributed by atoms with Crippen LogP contribution in [0.5, 0.6) is 0 Å². The summed E-state index contributed by atoms with van der Waals surface area (Å²) in [7, 11) is 1.61. The lowest BCUT2D eigenvalue weighted by molar-refractivity contribution is -0.241. The fraction of sp³-hybridized carbons (Fsp3) is 1.00. The van der Waals surface area contributed by atoms with Crippen molar-refractivity contribution in [3.8, 4) is 0 Å². The maximum Gasteiger partial charge on any atom is 0.186 e. The molecule has 0 aliphatic carbocycles. The average Bonchev–Trinajstić information content (AvgIpc) is 2.89. The van der Waals surface area contributed by atoms with E-state index in [1.807, 2.05) is 27.7 Å². The van der Waals surface area contributed by atoms with E-state index in [9.17, 15) is 0 Å². The zero-order valence-corrected chi connectivity index (χ0v) is 12.0. The van der Waals surface area contributed by atoms with Crippen molar-refractivity contribution in [3.05, 3.63) is 0 Å². The number of fused-ring (bicyclic) bond motifs is 1. The highest BCUT2D eigenvalue weighted by atomic mass is 16.8. The van der Waals surface area contributed by atoms with Gasteiger partial charge in [0.25, 0.3) is 0 Å². The van der Waals surface area contributed by atoms with Gasteiger partial charge in [-0.1, -0.05) is 0 Å². The Kier molecular flexibility index (Phi) is 3.16. The Labute approximate surface area is 113 Å². The van der Waals surface area contributed by atoms with E-state index in [-0.39, 0.29) is 24.4 Å². The maximum absolute atomic E-state index is 5.94. The summed E-state index contributed by atoms with van der Waals surface area (Å²) in [6, 6.07) is 0. The molecule has 0 N–H and O–H groups in total. The molecule has 6 nitrogen and oxygen atoms in total. The number of ether oxygens (including phenoxy) is 6. The Morgan fingerprint density at radius 1 is 0.895 bits per heavy atom. The lowest BCUT2D eigenvalue weighted by atomic mass is 10.1. The van der Waals surface area contributed by atoms with Crippen molar-refractivity contribution in [3.63, 3.8) is 0 Å². The van der Waals surface area contributed by atoms with Gasteiger partial charge in [-0.25, -0.2) is 0 Å². The van der Waals surface area contributed by atoms with Gasteiger partial charge in [0.05, 0.1) is 6.61 Å². The first-order valence-electron chi connectivity index (χ1n) is 6.67. The van der Waals surface area contributed by atoms with E-state index in [1.165, 1.54) is 0 Å². The van der Waals surface area contributed by atoms with Gasteiger partial charge >= 0.3 is 0 Å². The van der Waals surface area contributed by atoms with Crippen LogP contribution in [0.2, 0.25) is 0 Å². The monoisotopic (exact) mass is 274 g/mol. The van der Waals surface area contributed by atoms with Gasteiger partial charge in [0.2, 0.25) is 0 Å². The van der Waals surface area contributed by atoms with Crippen LogP contribution in [-0.4, -0.2) is 56.0 Å². The number of methoxy groups -OCH3 is 1. The first kappa shape index (κ1) is 13.7. The highest BCUT2D eigenvalue weighted by molar-refractivity contribution is 4.99. The summed E-state index contributed by atoms with van der Waals surface area (Å²) in [5.41, 5.74) is 0. The highest BCUT2D eigenvalue weighted by Gasteiger charge is 2.59. The van der Waals surface area contributed by atoms with Gasteiger partial charge in [0.15, 0.2) is 17.9 Å². The normalized spacial score (nSPS) is 47.5. The summed E-state index contributed by atoms with van der Waals surface area (Å²) in [6.45, 7) is 8.06. The SMILES string of the molecule is CO[C@@H]1O[C@H]([C@H]2COC(C)(C)O2)[C@@H]2OC(C)(C)O[C@H]12. The summed E-state index contributed by atoms with van der Waals surface area (Å²) in [5, 5.41) is 0. The largest absolute Gasteiger partial charge is 0.353 e. The minimum atomic E-state index is -0.622. The Balaban J connectivity index is 1.76. The molecule has 0 aromatic carbocycles. The molecule has 0 saturated carbocycles. The fourth-order valence-electron chi connectivity index (χ4n) is 2.96. The van der Waals surface area contributed by atoms with Gasteiger partial charge in [0.1, 0.15) is 24.4 Å². The zero-order chi connectivity index (χ0) is 13.8. The van der Waals surface area contributed by atoms with Crippen LogP contribution in [-0.2, 0) is 28.4 Å². The summed E-state index contributed by atoms with van der Waals surface area (Å²) in [6.07, 6.45) is -1.25. The minimum Gasteiger partial charge on any atom is -0.353 e. The van der Waals surface area contributed by atoms with Crippen molar-refractivity contribution >= 4 is 0 Å². The van der Waals surface area contributed by atoms with Gasteiger partial charge < -0.3 is 28.4 Å². The predicted molar refractivity (Wildman–Crippen MR) is 64.4 cm³/mol. The molecule has 0 amide bonds. The van der Waals surface area contributed by atoms with Crippen molar-refractivity contribution in [2.45, 2.75) is 70.0 Å². The van der Waals surface area contributed by atoms with Crippen LogP contribution >= 0.6 is 0 Å². The standard InChI is InChI=1S/C13H22O6/c1-12(2)15-6-7(17-12)8-9-10(11(14-5)16-8)19-13(3,4)18-9/h7-11H,6H2,1-5H3/t7-,8-,9+,10+,11-/m1/s1. The molecular weight excluding hydrogens is 252 g/mol. The molecular formula is C13H22O6. The van der Waals surface area contributed by atoms with Crippen molar-refractivity contribution in [2.75, 3.05) is 13.7 Å². The van der Waals surface area contributed by atoms with Crippen LogP contribution in [0.25, 0.3) is 0 Å². The van der Waals surface area contributed by atoms with Gasteiger partial charge in [0, 0.05) is 7.11 Å². The molecule has 3 rings (SSSR count). The third-order valence-electron chi connectivity index (χ3n) is 3.68. The maximum atomic E-state index is 5.94. The Bertz CT molecular complexity index is 355. The van der Waals surface area contributed by atoms with Gasteiger partial charge in [-0.3, -0.25) is 0 Å². The molecule has 3 saturated heterocycles. The smallest absolute Gasteiger partial charge is 0.186 e. The second-order valence-corrected chi connectivity index (χ2v) is 6.14.